The molecule has 82 valence electrons. The molecule has 1 rings (SSSR count). The van der Waals surface area contributed by atoms with Crippen molar-refractivity contribution in [2.24, 2.45) is 5.73 Å². The number of hydrogen-bond acceptors (Lipinski definition) is 5. The van der Waals surface area contributed by atoms with Gasteiger partial charge in [-0.25, -0.2) is 0 Å². The highest BCUT2D eigenvalue weighted by atomic mass is 16.6. The molecule has 0 aliphatic rings. The number of nitro benzene ring substituents is 1. The predicted molar refractivity (Wildman–Crippen MR) is 53.7 cm³/mol. The molecule has 0 aliphatic carbocycles. The monoisotopic (exact) mass is 212 g/mol. The minimum absolute atomic E-state index is 0.0163. The van der Waals surface area contributed by atoms with Crippen molar-refractivity contribution in [3.05, 3.63) is 33.9 Å². The van der Waals surface area contributed by atoms with Gasteiger partial charge in [0.2, 0.25) is 0 Å². The Morgan fingerprint density at radius 3 is 2.80 bits per heavy atom. The topological polar surface area (TPSA) is 98.6 Å². The van der Waals surface area contributed by atoms with Crippen LogP contribution in [0.3, 0.4) is 0 Å². The first-order valence-electron chi connectivity index (χ1n) is 4.30. The summed E-state index contributed by atoms with van der Waals surface area (Å²) in [5.41, 5.74) is 5.51. The van der Waals surface area contributed by atoms with E-state index in [1.807, 2.05) is 0 Å². The zero-order valence-corrected chi connectivity index (χ0v) is 8.21. The van der Waals surface area contributed by atoms with Crippen LogP contribution in [-0.4, -0.2) is 23.7 Å². The molecule has 1 atom stereocenters. The molecule has 0 aliphatic heterocycles. The predicted octanol–water partition coefficient (Wildman–Crippen LogP) is 0.595. The lowest BCUT2D eigenvalue weighted by Crippen LogP contribution is -2.12. The van der Waals surface area contributed by atoms with Crippen molar-refractivity contribution in [3.63, 3.8) is 0 Å². The number of aliphatic hydroxyl groups excluding tert-OH is 1. The summed E-state index contributed by atoms with van der Waals surface area (Å²) < 4.78 is 4.96. The van der Waals surface area contributed by atoms with Gasteiger partial charge < -0.3 is 15.6 Å². The lowest BCUT2D eigenvalue weighted by atomic mass is 10.1. The Hall–Kier alpha value is -1.66. The number of nitro groups is 1. The van der Waals surface area contributed by atoms with Crippen LogP contribution in [0.15, 0.2) is 18.2 Å². The summed E-state index contributed by atoms with van der Waals surface area (Å²) in [6, 6.07) is 4.01. The van der Waals surface area contributed by atoms with Crippen LogP contribution in [-0.2, 0) is 0 Å². The average Bonchev–Trinajstić information content (AvgIpc) is 2.27. The van der Waals surface area contributed by atoms with Crippen molar-refractivity contribution < 1.29 is 14.8 Å². The minimum Gasteiger partial charge on any atom is -0.496 e. The molecule has 1 aromatic carbocycles. The Morgan fingerprint density at radius 2 is 2.33 bits per heavy atom. The van der Waals surface area contributed by atoms with Crippen molar-refractivity contribution in [3.8, 4) is 5.75 Å². The van der Waals surface area contributed by atoms with E-state index in [-0.39, 0.29) is 12.2 Å². The van der Waals surface area contributed by atoms with E-state index in [0.29, 0.717) is 11.3 Å². The fraction of sp³-hybridized carbons (Fsp3) is 0.333. The van der Waals surface area contributed by atoms with Gasteiger partial charge in [0.15, 0.2) is 0 Å². The van der Waals surface area contributed by atoms with Gasteiger partial charge in [-0.05, 0) is 6.07 Å². The van der Waals surface area contributed by atoms with Crippen LogP contribution in [0.25, 0.3) is 0 Å². The smallest absolute Gasteiger partial charge is 0.270 e. The van der Waals surface area contributed by atoms with Gasteiger partial charge in [-0.2, -0.15) is 0 Å². The number of ether oxygens (including phenoxy) is 1. The average molecular weight is 212 g/mol. The Kier molecular flexibility index (Phi) is 3.59. The third-order valence-corrected chi connectivity index (χ3v) is 2.01. The molecule has 0 unspecified atom stereocenters. The number of hydrogen-bond donors (Lipinski definition) is 2. The zero-order chi connectivity index (χ0) is 11.4. The van der Waals surface area contributed by atoms with Gasteiger partial charge >= 0.3 is 0 Å². The molecule has 0 spiro atoms. The molecule has 1 aromatic rings. The summed E-state index contributed by atoms with van der Waals surface area (Å²) >= 11 is 0. The van der Waals surface area contributed by atoms with Gasteiger partial charge in [0.1, 0.15) is 5.75 Å². The van der Waals surface area contributed by atoms with E-state index in [9.17, 15) is 15.2 Å². The molecule has 0 bridgehead atoms. The van der Waals surface area contributed by atoms with Crippen LogP contribution in [0.1, 0.15) is 11.7 Å². The maximum Gasteiger partial charge on any atom is 0.270 e. The van der Waals surface area contributed by atoms with Gasteiger partial charge in [-0.1, -0.05) is 0 Å². The molecule has 0 saturated carbocycles. The second kappa shape index (κ2) is 4.72. The lowest BCUT2D eigenvalue weighted by Gasteiger charge is -2.12. The van der Waals surface area contributed by atoms with Crippen LogP contribution < -0.4 is 10.5 Å². The van der Waals surface area contributed by atoms with Crippen molar-refractivity contribution in [2.75, 3.05) is 13.7 Å². The summed E-state index contributed by atoms with van der Waals surface area (Å²) in [5.74, 6) is 0.388. The van der Waals surface area contributed by atoms with Crippen LogP contribution in [0.5, 0.6) is 5.75 Å². The molecule has 0 aromatic heterocycles. The van der Waals surface area contributed by atoms with Crippen LogP contribution in [0.2, 0.25) is 0 Å². The molecule has 0 fully saturated rings. The molecular weight excluding hydrogens is 200 g/mol. The van der Waals surface area contributed by atoms with Crippen molar-refractivity contribution in [2.45, 2.75) is 6.10 Å². The third-order valence-electron chi connectivity index (χ3n) is 2.01. The van der Waals surface area contributed by atoms with Crippen molar-refractivity contribution in [1.29, 1.82) is 0 Å². The summed E-state index contributed by atoms with van der Waals surface area (Å²) in [6.07, 6.45) is -0.958. The van der Waals surface area contributed by atoms with Crippen LogP contribution >= 0.6 is 0 Å². The maximum absolute atomic E-state index is 10.5. The van der Waals surface area contributed by atoms with Gasteiger partial charge in [0.25, 0.3) is 5.69 Å². The summed E-state index contributed by atoms with van der Waals surface area (Å²) in [5, 5.41) is 20.0. The van der Waals surface area contributed by atoms with Gasteiger partial charge in [0, 0.05) is 24.2 Å². The Bertz CT molecular complexity index is 367. The highest BCUT2D eigenvalue weighted by Gasteiger charge is 2.16. The number of rotatable bonds is 4. The van der Waals surface area contributed by atoms with E-state index in [1.165, 1.54) is 25.3 Å². The summed E-state index contributed by atoms with van der Waals surface area (Å²) in [6.45, 7) is -0.0163. The summed E-state index contributed by atoms with van der Waals surface area (Å²) in [7, 11) is 1.42. The number of methoxy groups -OCH3 is 1. The molecule has 0 saturated heterocycles. The number of aliphatic hydroxyl groups is 1. The molecule has 0 heterocycles. The Labute approximate surface area is 86.4 Å². The third kappa shape index (κ3) is 2.42. The number of nitrogens with zero attached hydrogens (tertiary/aromatic N) is 1. The number of nitrogens with two attached hydrogens (primary N) is 1. The molecule has 6 nitrogen and oxygen atoms in total. The molecule has 0 amide bonds. The molecule has 0 radical (unpaired) electrons. The molecule has 3 N–H and O–H groups in total. The summed E-state index contributed by atoms with van der Waals surface area (Å²) in [4.78, 5) is 9.98. The second-order valence-corrected chi connectivity index (χ2v) is 2.93. The second-order valence-electron chi connectivity index (χ2n) is 2.93. The highest BCUT2D eigenvalue weighted by molar-refractivity contribution is 5.45. The quantitative estimate of drug-likeness (QED) is 0.562. The van der Waals surface area contributed by atoms with E-state index >= 15 is 0 Å². The van der Waals surface area contributed by atoms with Gasteiger partial charge in [-0.15, -0.1) is 0 Å². The van der Waals surface area contributed by atoms with Crippen LogP contribution in [0, 0.1) is 10.1 Å². The fourth-order valence-corrected chi connectivity index (χ4v) is 1.22. The van der Waals surface area contributed by atoms with E-state index in [2.05, 4.69) is 0 Å². The number of benzene rings is 1. The Balaban J connectivity index is 3.18. The lowest BCUT2D eigenvalue weighted by molar-refractivity contribution is -0.385. The van der Waals surface area contributed by atoms with Crippen molar-refractivity contribution >= 4 is 5.69 Å². The zero-order valence-electron chi connectivity index (χ0n) is 8.21. The van der Waals surface area contributed by atoms with E-state index in [0.717, 1.165) is 0 Å². The van der Waals surface area contributed by atoms with E-state index in [4.69, 9.17) is 10.5 Å². The van der Waals surface area contributed by atoms with Crippen molar-refractivity contribution in [1.82, 2.24) is 0 Å². The molecular formula is C9H12N2O4. The number of non-ortho nitro benzene ring substituents is 1. The highest BCUT2D eigenvalue weighted by Crippen LogP contribution is 2.28. The fourth-order valence-electron chi connectivity index (χ4n) is 1.22. The maximum atomic E-state index is 10.5. The first-order chi connectivity index (χ1) is 7.10. The minimum atomic E-state index is -0.958. The normalized spacial score (nSPS) is 12.2. The molecule has 15 heavy (non-hydrogen) atoms. The van der Waals surface area contributed by atoms with E-state index in [1.54, 1.807) is 0 Å². The first kappa shape index (κ1) is 11.4. The molecule has 6 heteroatoms. The Morgan fingerprint density at radius 1 is 1.67 bits per heavy atom. The largest absolute Gasteiger partial charge is 0.496 e. The SMILES string of the molecule is COc1ccc([N+](=O)[O-])cc1[C@@H](O)CN. The first-order valence-corrected chi connectivity index (χ1v) is 4.30. The standard InChI is InChI=1S/C9H12N2O4/c1-15-9-3-2-6(11(13)14)4-7(9)8(12)5-10/h2-4,8,12H,5,10H2,1H3/t8-/m0/s1. The van der Waals surface area contributed by atoms with Crippen LogP contribution in [0.4, 0.5) is 5.69 Å². The van der Waals surface area contributed by atoms with Gasteiger partial charge in [-0.3, -0.25) is 10.1 Å². The van der Waals surface area contributed by atoms with Gasteiger partial charge in [0.05, 0.1) is 18.1 Å². The van der Waals surface area contributed by atoms with E-state index < -0.39 is 11.0 Å².